The van der Waals surface area contributed by atoms with Gasteiger partial charge in [-0.1, -0.05) is 36.4 Å². The van der Waals surface area contributed by atoms with E-state index in [-0.39, 0.29) is 88.7 Å². The Bertz CT molecular complexity index is 518. The second-order valence-corrected chi connectivity index (χ2v) is 3.84. The molecule has 5 nitrogen and oxygen atoms in total. The Balaban J connectivity index is -0.000000286. The molecule has 0 radical (unpaired) electrons. The van der Waals surface area contributed by atoms with Gasteiger partial charge in [-0.2, -0.15) is 7.82 Å². The van der Waals surface area contributed by atoms with Crippen LogP contribution in [0.15, 0.2) is 42.5 Å². The van der Waals surface area contributed by atoms with Crippen LogP contribution in [-0.2, 0) is 4.57 Å². The largest absolute Gasteiger partial charge is 1.00 e. The molecular formula is C10H8Na3O5P. The number of fused-ring (bicyclic) bond motifs is 1. The van der Waals surface area contributed by atoms with Crippen molar-refractivity contribution in [2.24, 2.45) is 0 Å². The van der Waals surface area contributed by atoms with Gasteiger partial charge in [0, 0.05) is 5.39 Å². The van der Waals surface area contributed by atoms with Crippen molar-refractivity contribution in [1.29, 1.82) is 0 Å². The first-order valence-corrected chi connectivity index (χ1v) is 5.74. The molecule has 0 heterocycles. The maximum absolute atomic E-state index is 9.37. The third-order valence-corrected chi connectivity index (χ3v) is 1.77. The van der Waals surface area contributed by atoms with Crippen LogP contribution < -0.4 is 103 Å². The molecule has 1 N–H and O–H groups in total. The van der Waals surface area contributed by atoms with Crippen molar-refractivity contribution in [2.45, 2.75) is 0 Å². The van der Waals surface area contributed by atoms with E-state index in [0.717, 1.165) is 10.8 Å². The fraction of sp³-hybridized carbons (Fsp3) is 0. The Labute approximate surface area is 177 Å². The summed E-state index contributed by atoms with van der Waals surface area (Å²) in [5.41, 5.74) is 0. The smallest absolute Gasteiger partial charge is 0.822 e. The van der Waals surface area contributed by atoms with Crippen molar-refractivity contribution < 1.29 is 113 Å². The second kappa shape index (κ2) is 12.2. The maximum Gasteiger partial charge on any atom is 1.00 e. The number of rotatable bonds is 0. The Morgan fingerprint density at radius 3 is 1.74 bits per heavy atom. The van der Waals surface area contributed by atoms with Gasteiger partial charge in [-0.05, 0) is 11.5 Å². The fourth-order valence-corrected chi connectivity index (χ4v) is 1.21. The molecule has 0 saturated heterocycles. The molecular weight excluding hydrogens is 300 g/mol. The molecule has 0 atom stereocenters. The van der Waals surface area contributed by atoms with E-state index < -0.39 is 7.82 Å². The van der Waals surface area contributed by atoms with E-state index in [2.05, 4.69) is 0 Å². The molecule has 86 valence electrons. The zero-order valence-electron chi connectivity index (χ0n) is 11.1. The number of aromatic hydroxyl groups is 1. The molecule has 0 bridgehead atoms. The van der Waals surface area contributed by atoms with Gasteiger partial charge in [0.1, 0.15) is 5.75 Å². The minimum atomic E-state index is -5.39. The number of phenolic OH excluding ortho intramolecular Hbond substituents is 1. The molecule has 0 aliphatic heterocycles. The van der Waals surface area contributed by atoms with Crippen molar-refractivity contribution in [3.8, 4) is 5.75 Å². The molecule has 19 heavy (non-hydrogen) atoms. The fourth-order valence-electron chi connectivity index (χ4n) is 1.21. The minimum Gasteiger partial charge on any atom is -0.822 e. The van der Waals surface area contributed by atoms with Crippen molar-refractivity contribution in [2.75, 3.05) is 0 Å². The van der Waals surface area contributed by atoms with E-state index in [1.165, 1.54) is 0 Å². The van der Waals surface area contributed by atoms with Crippen LogP contribution in [0.1, 0.15) is 0 Å². The second-order valence-electron chi connectivity index (χ2n) is 2.95. The van der Waals surface area contributed by atoms with E-state index in [4.69, 9.17) is 19.2 Å². The number of hydrogen-bond acceptors (Lipinski definition) is 5. The Kier molecular flexibility index (Phi) is 16.4. The summed E-state index contributed by atoms with van der Waals surface area (Å²) in [7, 11) is -5.39. The molecule has 0 saturated carbocycles. The van der Waals surface area contributed by atoms with Crippen LogP contribution in [0.2, 0.25) is 0 Å². The molecule has 0 fully saturated rings. The summed E-state index contributed by atoms with van der Waals surface area (Å²) in [5.74, 6) is 0.350. The Hall–Kier alpha value is 1.61. The van der Waals surface area contributed by atoms with E-state index >= 15 is 0 Å². The Morgan fingerprint density at radius 2 is 1.26 bits per heavy atom. The SMILES string of the molecule is O=P([O-])([O-])[O-].Oc1cccc2ccccc12.[Na+].[Na+].[Na+]. The van der Waals surface area contributed by atoms with Gasteiger partial charge in [0.15, 0.2) is 0 Å². The number of hydrogen-bond donors (Lipinski definition) is 1. The quantitative estimate of drug-likeness (QED) is 0.384. The van der Waals surface area contributed by atoms with Crippen LogP contribution in [0.3, 0.4) is 0 Å². The predicted molar refractivity (Wildman–Crippen MR) is 53.2 cm³/mol. The van der Waals surface area contributed by atoms with Gasteiger partial charge >= 0.3 is 88.7 Å². The summed E-state index contributed by atoms with van der Waals surface area (Å²) in [6.45, 7) is 0. The average molecular weight is 308 g/mol. The van der Waals surface area contributed by atoms with Crippen LogP contribution in [0.4, 0.5) is 0 Å². The van der Waals surface area contributed by atoms with E-state index in [1.807, 2.05) is 36.4 Å². The topological polar surface area (TPSA) is 106 Å². The zero-order chi connectivity index (χ0) is 12.2. The van der Waals surface area contributed by atoms with E-state index in [9.17, 15) is 5.11 Å². The maximum atomic E-state index is 9.37. The molecule has 9 heteroatoms. The van der Waals surface area contributed by atoms with Crippen molar-refractivity contribution in [3.05, 3.63) is 42.5 Å². The summed E-state index contributed by atoms with van der Waals surface area (Å²) >= 11 is 0. The van der Waals surface area contributed by atoms with Gasteiger partial charge in [-0.25, -0.2) is 0 Å². The molecule has 2 rings (SSSR count). The monoisotopic (exact) mass is 308 g/mol. The number of benzene rings is 2. The summed E-state index contributed by atoms with van der Waals surface area (Å²) < 4.78 is 8.55. The first kappa shape index (κ1) is 25.6. The van der Waals surface area contributed by atoms with E-state index in [1.54, 1.807) is 6.07 Å². The average Bonchev–Trinajstić information content (AvgIpc) is 2.16. The molecule has 0 amide bonds. The van der Waals surface area contributed by atoms with Crippen LogP contribution in [0.5, 0.6) is 5.75 Å². The predicted octanol–water partition coefficient (Wildman–Crippen LogP) is -9.27. The van der Waals surface area contributed by atoms with Gasteiger partial charge in [0.05, 0.1) is 0 Å². The minimum absolute atomic E-state index is 0. The summed E-state index contributed by atoms with van der Waals surface area (Å²) in [5, 5.41) is 11.4. The third-order valence-electron chi connectivity index (χ3n) is 1.77. The summed E-state index contributed by atoms with van der Waals surface area (Å²) in [4.78, 5) is 25.6. The molecule has 2 aromatic carbocycles. The van der Waals surface area contributed by atoms with Crippen LogP contribution in [0, 0.1) is 0 Å². The normalized spacial score (nSPS) is 9.00. The standard InChI is InChI=1S/C10H8O.3Na.H3O4P/c11-10-7-3-5-8-4-1-2-6-9(8)10;;;;1-5(2,3)4/h1-7,11H;;;;(H3,1,2,3,4)/q;3*+1;/p-3. The molecule has 2 aromatic rings. The summed E-state index contributed by atoms with van der Waals surface area (Å²) in [6.07, 6.45) is 0. The van der Waals surface area contributed by atoms with Gasteiger partial charge in [-0.15, -0.1) is 0 Å². The third kappa shape index (κ3) is 11.9. The van der Waals surface area contributed by atoms with Crippen LogP contribution in [-0.4, -0.2) is 5.11 Å². The first-order valence-electron chi connectivity index (χ1n) is 4.28. The Morgan fingerprint density at radius 1 is 0.842 bits per heavy atom. The number of phosphoric acid groups is 1. The number of phenols is 1. The molecule has 0 aliphatic carbocycles. The van der Waals surface area contributed by atoms with Gasteiger partial charge in [0.25, 0.3) is 0 Å². The molecule has 0 spiro atoms. The first-order chi connectivity index (χ1) is 7.38. The van der Waals surface area contributed by atoms with Crippen LogP contribution >= 0.6 is 7.82 Å². The van der Waals surface area contributed by atoms with Gasteiger partial charge in [-0.3, -0.25) is 0 Å². The van der Waals surface area contributed by atoms with E-state index in [0.29, 0.717) is 5.75 Å². The summed E-state index contributed by atoms with van der Waals surface area (Å²) in [6, 6.07) is 13.3. The zero-order valence-corrected chi connectivity index (χ0v) is 18.0. The van der Waals surface area contributed by atoms with Gasteiger partial charge in [0.2, 0.25) is 0 Å². The van der Waals surface area contributed by atoms with Crippen molar-refractivity contribution >= 4 is 18.6 Å². The van der Waals surface area contributed by atoms with Crippen molar-refractivity contribution in [3.63, 3.8) is 0 Å². The molecule has 0 aromatic heterocycles. The van der Waals surface area contributed by atoms with Crippen LogP contribution in [0.25, 0.3) is 10.8 Å². The van der Waals surface area contributed by atoms with Gasteiger partial charge < -0.3 is 24.4 Å². The van der Waals surface area contributed by atoms with Crippen molar-refractivity contribution in [1.82, 2.24) is 0 Å². The molecule has 0 aliphatic rings. The molecule has 0 unspecified atom stereocenters.